The minimum Gasteiger partial charge on any atom is -0.494 e. The third-order valence-electron chi connectivity index (χ3n) is 7.29. The summed E-state index contributed by atoms with van der Waals surface area (Å²) >= 11 is 5.85. The van der Waals surface area contributed by atoms with Crippen LogP contribution in [0.5, 0.6) is 11.5 Å². The molecular formula is C27H31B2ClF11N3O4. The van der Waals surface area contributed by atoms with Crippen molar-refractivity contribution >= 4 is 43.0 Å². The van der Waals surface area contributed by atoms with Crippen LogP contribution in [-0.2, 0) is 4.74 Å². The van der Waals surface area contributed by atoms with E-state index in [4.69, 9.17) is 25.8 Å². The van der Waals surface area contributed by atoms with Crippen LogP contribution in [0.2, 0.25) is 0 Å². The highest BCUT2D eigenvalue weighted by atomic mass is 35.5. The number of aromatic nitrogens is 1. The molecule has 0 N–H and O–H groups in total. The van der Waals surface area contributed by atoms with Gasteiger partial charge in [0, 0.05) is 17.6 Å². The number of nitrogens with zero attached hydrogens (tertiary/aromatic N) is 3. The number of piperazine rings is 3. The second kappa shape index (κ2) is 16.7. The molecule has 0 aliphatic carbocycles. The fourth-order valence-corrected chi connectivity index (χ4v) is 5.27. The lowest BCUT2D eigenvalue weighted by Gasteiger charge is -2.48. The number of alkyl halides is 1. The van der Waals surface area contributed by atoms with Crippen molar-refractivity contribution in [3.63, 3.8) is 0 Å². The van der Waals surface area contributed by atoms with Gasteiger partial charge >= 0.3 is 20.5 Å². The molecule has 3 fully saturated rings. The summed E-state index contributed by atoms with van der Waals surface area (Å²) in [6, 6.07) is 7.95. The number of ether oxygens (including phenoxy) is 3. The van der Waals surface area contributed by atoms with Crippen LogP contribution in [0.4, 0.5) is 47.8 Å². The van der Waals surface area contributed by atoms with E-state index in [1.54, 1.807) is 19.1 Å². The van der Waals surface area contributed by atoms with Crippen LogP contribution < -0.4 is 9.47 Å². The van der Waals surface area contributed by atoms with Crippen LogP contribution in [0.3, 0.4) is 0 Å². The second-order valence-electron chi connectivity index (χ2n) is 10.4. The number of halogens is 12. The smallest absolute Gasteiger partial charge is 0.494 e. The van der Waals surface area contributed by atoms with Crippen molar-refractivity contribution in [2.24, 2.45) is 0 Å². The second-order valence-corrected chi connectivity index (χ2v) is 10.6. The van der Waals surface area contributed by atoms with Crippen molar-refractivity contribution in [2.75, 3.05) is 66.1 Å². The van der Waals surface area contributed by atoms with Gasteiger partial charge in [-0.15, -0.1) is 4.71 Å². The average molecular weight is 728 g/mol. The summed E-state index contributed by atoms with van der Waals surface area (Å²) in [5.41, 5.74) is 0.402. The predicted octanol–water partition coefficient (Wildman–Crippen LogP) is 7.70. The molecule has 1 aromatic heterocycles. The maximum atomic E-state index is 14.9. The topological polar surface area (TPSA) is 57.7 Å². The van der Waals surface area contributed by atoms with Crippen molar-refractivity contribution < 1.29 is 76.0 Å². The van der Waals surface area contributed by atoms with Gasteiger partial charge in [0.05, 0.1) is 37.5 Å². The maximum Gasteiger partial charge on any atom is 0.673 e. The number of esters is 1. The molecule has 2 aromatic carbocycles. The van der Waals surface area contributed by atoms with Crippen LogP contribution in [-0.4, -0.2) is 101 Å². The summed E-state index contributed by atoms with van der Waals surface area (Å²) in [7, 11) is -9.44. The van der Waals surface area contributed by atoms with Gasteiger partial charge in [-0.25, -0.2) is 13.6 Å². The van der Waals surface area contributed by atoms with Gasteiger partial charge < -0.3 is 48.7 Å². The number of pyridine rings is 1. The molecule has 0 radical (unpaired) electrons. The molecule has 0 amide bonds. The number of rotatable bonds is 6. The summed E-state index contributed by atoms with van der Waals surface area (Å²) in [5.74, 6) is -2.61. The van der Waals surface area contributed by atoms with E-state index in [1.807, 2.05) is 0 Å². The highest BCUT2D eigenvalue weighted by Gasteiger charge is 2.50. The molecule has 3 aliphatic rings. The van der Waals surface area contributed by atoms with E-state index in [1.165, 1.54) is 32.5 Å². The van der Waals surface area contributed by atoms with Crippen LogP contribution in [0.1, 0.15) is 17.3 Å². The Bertz CT molecular complexity index is 1470. The van der Waals surface area contributed by atoms with Crippen molar-refractivity contribution in [3.8, 4) is 22.6 Å². The number of methoxy groups -OCH3 is 2. The lowest BCUT2D eigenvalue weighted by atomic mass is 9.96. The minimum atomic E-state index is -6.00. The van der Waals surface area contributed by atoms with Gasteiger partial charge in [0.25, 0.3) is 0 Å². The van der Waals surface area contributed by atoms with Gasteiger partial charge in [-0.3, -0.25) is 9.47 Å². The zero-order valence-electron chi connectivity index (χ0n) is 25.8. The molecule has 3 saturated heterocycles. The first kappa shape index (κ1) is 40.7. The molecule has 0 spiro atoms. The molecule has 3 aliphatic heterocycles. The zero-order valence-corrected chi connectivity index (χ0v) is 26.5. The first-order valence-electron chi connectivity index (χ1n) is 14.1. The molecule has 4 heterocycles. The largest absolute Gasteiger partial charge is 0.673 e. The van der Waals surface area contributed by atoms with Gasteiger partial charge in [-0.1, -0.05) is 23.7 Å². The first-order chi connectivity index (χ1) is 22.2. The molecule has 0 saturated carbocycles. The van der Waals surface area contributed by atoms with Crippen molar-refractivity contribution in [3.05, 3.63) is 53.7 Å². The Morgan fingerprint density at radius 1 is 0.854 bits per heavy atom. The molecule has 7 nitrogen and oxygen atoms in total. The van der Waals surface area contributed by atoms with Crippen molar-refractivity contribution in [2.45, 2.75) is 6.92 Å². The molecule has 2 bridgehead atoms. The number of hydrogen-bond donors (Lipinski definition) is 0. The monoisotopic (exact) mass is 727 g/mol. The fraction of sp³-hybridized carbons (Fsp3) is 0.407. The molecule has 268 valence electrons. The van der Waals surface area contributed by atoms with Crippen LogP contribution in [0.15, 0.2) is 36.5 Å². The molecule has 0 unspecified atom stereocenters. The number of fused-ring (bicyclic) bond motifs is 4. The normalized spacial score (nSPS) is 19.9. The molecular weight excluding hydrogens is 696 g/mol. The molecule has 3 aromatic rings. The minimum absolute atomic E-state index is 0.158. The Kier molecular flexibility index (Phi) is 14.2. The van der Waals surface area contributed by atoms with Crippen molar-refractivity contribution in [1.82, 2.24) is 4.98 Å². The van der Waals surface area contributed by atoms with Crippen LogP contribution in [0.25, 0.3) is 22.0 Å². The van der Waals surface area contributed by atoms with Gasteiger partial charge in [0.15, 0.2) is 48.8 Å². The van der Waals surface area contributed by atoms with E-state index in [0.29, 0.717) is 31.0 Å². The standard InChI is InChI=1S/C20H17F2NO4.C7H14ClFN2.2BF4/c1-4-27-20(24)13-8-7-11(12-6-5-9-23-19(12)13)16-17(21)14(25-2)10-15(26-3)18(16)22;8-7-10-1-4-11(9,5-2-10)6-3-10;2*2-1(3,4)5/h5-10H,4H2,1-3H3;1-7H2;;/q;+2;2*-1. The lowest BCUT2D eigenvalue weighted by molar-refractivity contribution is -1.15. The first-order valence-corrected chi connectivity index (χ1v) is 14.6. The van der Waals surface area contributed by atoms with E-state index in [0.717, 1.165) is 30.2 Å². The Balaban J connectivity index is 0.000000309. The number of quaternary nitrogens is 2. The quantitative estimate of drug-likeness (QED) is 0.0496. The Morgan fingerprint density at radius 2 is 1.33 bits per heavy atom. The van der Waals surface area contributed by atoms with E-state index in [9.17, 15) is 52.6 Å². The zero-order chi connectivity index (χ0) is 36.5. The Labute approximate surface area is 273 Å². The third-order valence-corrected chi connectivity index (χ3v) is 7.79. The highest BCUT2D eigenvalue weighted by molar-refractivity contribution is 6.50. The molecule has 0 atom stereocenters. The number of carbonyl (C=O) groups is 1. The van der Waals surface area contributed by atoms with Crippen LogP contribution in [0, 0.1) is 11.6 Å². The summed E-state index contributed by atoms with van der Waals surface area (Å²) in [5, 5.41) is 0.399. The van der Waals surface area contributed by atoms with Gasteiger partial charge in [-0.2, -0.15) is 0 Å². The molecule has 6 rings (SSSR count). The van der Waals surface area contributed by atoms with E-state index < -0.39 is 32.1 Å². The predicted molar refractivity (Wildman–Crippen MR) is 158 cm³/mol. The van der Waals surface area contributed by atoms with Crippen LogP contribution >= 0.6 is 11.6 Å². The average Bonchev–Trinajstić information content (AvgIpc) is 3.01. The summed E-state index contributed by atoms with van der Waals surface area (Å²) < 4.78 is 137. The van der Waals surface area contributed by atoms with E-state index >= 15 is 0 Å². The molecule has 48 heavy (non-hydrogen) atoms. The number of hydrogen-bond acceptors (Lipinski definition) is 5. The van der Waals surface area contributed by atoms with Gasteiger partial charge in [0.2, 0.25) is 0 Å². The SMILES string of the molecule is CCOC(=O)c1ccc(-c2c(F)c(OC)cc(OC)c2F)c2cccnc12.F[B-](F)(F)F.F[B-](F)(F)F.F[N+]12CC[N+](CCl)(CC1)CC2. The summed E-state index contributed by atoms with van der Waals surface area (Å²) in [6.07, 6.45) is 1.49. The number of carbonyl (C=O) groups excluding carboxylic acids is 1. The van der Waals surface area contributed by atoms with Crippen molar-refractivity contribution in [1.29, 1.82) is 0 Å². The number of benzene rings is 2. The highest BCUT2D eigenvalue weighted by Crippen LogP contribution is 2.40. The van der Waals surface area contributed by atoms with Gasteiger partial charge in [0.1, 0.15) is 19.6 Å². The fourth-order valence-electron chi connectivity index (χ4n) is 4.91. The lowest BCUT2D eigenvalue weighted by Crippen LogP contribution is -2.71. The van der Waals surface area contributed by atoms with Gasteiger partial charge in [-0.05, 0) is 29.1 Å². The van der Waals surface area contributed by atoms with E-state index in [-0.39, 0.29) is 45.0 Å². The Morgan fingerprint density at radius 3 is 1.75 bits per heavy atom. The summed E-state index contributed by atoms with van der Waals surface area (Å²) in [6.45, 7) is 6.70. The summed E-state index contributed by atoms with van der Waals surface area (Å²) in [4.78, 5) is 16.4. The third kappa shape index (κ3) is 11.6. The molecule has 21 heteroatoms. The van der Waals surface area contributed by atoms with E-state index in [2.05, 4.69) is 4.98 Å². The maximum absolute atomic E-state index is 14.9. The Hall–Kier alpha value is -3.51.